The number of alkyl halides is 3. The van der Waals surface area contributed by atoms with Crippen LogP contribution in [0.3, 0.4) is 0 Å². The van der Waals surface area contributed by atoms with Crippen LogP contribution in [-0.4, -0.2) is 61.5 Å². The predicted molar refractivity (Wildman–Crippen MR) is 133 cm³/mol. The van der Waals surface area contributed by atoms with Crippen molar-refractivity contribution in [1.29, 1.82) is 0 Å². The van der Waals surface area contributed by atoms with Gasteiger partial charge in [-0.3, -0.25) is 4.79 Å². The molecule has 206 valence electrons. The Hall–Kier alpha value is -4.32. The lowest BCUT2D eigenvalue weighted by molar-refractivity contribution is -0.189. The zero-order valence-electron chi connectivity index (χ0n) is 20.7. The number of ether oxygens (including phenoxy) is 3. The predicted octanol–water partition coefficient (Wildman–Crippen LogP) is 3.73. The number of benzene rings is 3. The maximum Gasteiger partial charge on any atom is 0.491 e. The minimum Gasteiger partial charge on any atom is -0.508 e. The summed E-state index contributed by atoms with van der Waals surface area (Å²) in [5, 5.41) is 16.4. The fraction of sp³-hybridized carbons (Fsp3) is 0.296. The average molecular weight is 546 g/mol. The highest BCUT2D eigenvalue weighted by Crippen LogP contribution is 2.31. The van der Waals surface area contributed by atoms with E-state index in [1.807, 2.05) is 0 Å². The molecule has 0 unspecified atom stereocenters. The quantitative estimate of drug-likeness (QED) is 0.316. The normalized spacial score (nSPS) is 17.6. The van der Waals surface area contributed by atoms with Crippen LogP contribution in [0.4, 0.5) is 13.2 Å². The van der Waals surface area contributed by atoms with Crippen molar-refractivity contribution in [2.24, 2.45) is 0 Å². The SMILES string of the molecule is COc1cc2ccc(OC(=O)C(F)(F)F)cc2cc1C(=O)O[C@@H]1CCCNC[C@H]1NC(=O)c1ccc(O)cc1. The molecule has 0 spiro atoms. The Morgan fingerprint density at radius 1 is 1.03 bits per heavy atom. The van der Waals surface area contributed by atoms with Crippen molar-refractivity contribution in [1.82, 2.24) is 10.6 Å². The van der Waals surface area contributed by atoms with E-state index in [9.17, 15) is 32.7 Å². The zero-order valence-corrected chi connectivity index (χ0v) is 20.7. The third kappa shape index (κ3) is 6.77. The monoisotopic (exact) mass is 546 g/mol. The van der Waals surface area contributed by atoms with Gasteiger partial charge in [0.15, 0.2) is 0 Å². The van der Waals surface area contributed by atoms with Gasteiger partial charge in [-0.15, -0.1) is 0 Å². The molecule has 39 heavy (non-hydrogen) atoms. The molecule has 9 nitrogen and oxygen atoms in total. The van der Waals surface area contributed by atoms with E-state index in [1.165, 1.54) is 61.7 Å². The molecule has 1 saturated heterocycles. The first kappa shape index (κ1) is 27.7. The van der Waals surface area contributed by atoms with Crippen LogP contribution in [0.25, 0.3) is 10.8 Å². The van der Waals surface area contributed by atoms with Gasteiger partial charge in [0, 0.05) is 12.1 Å². The van der Waals surface area contributed by atoms with E-state index in [4.69, 9.17) is 9.47 Å². The van der Waals surface area contributed by atoms with Gasteiger partial charge in [-0.2, -0.15) is 13.2 Å². The van der Waals surface area contributed by atoms with Gasteiger partial charge in [0.2, 0.25) is 0 Å². The highest BCUT2D eigenvalue weighted by atomic mass is 19.4. The van der Waals surface area contributed by atoms with Crippen molar-refractivity contribution in [3.63, 3.8) is 0 Å². The molecule has 1 heterocycles. The van der Waals surface area contributed by atoms with Crippen molar-refractivity contribution in [3.05, 3.63) is 65.7 Å². The summed E-state index contributed by atoms with van der Waals surface area (Å²) < 4.78 is 53.4. The summed E-state index contributed by atoms with van der Waals surface area (Å²) in [4.78, 5) is 37.3. The van der Waals surface area contributed by atoms with Crippen LogP contribution < -0.4 is 20.1 Å². The van der Waals surface area contributed by atoms with Crippen LogP contribution in [0, 0.1) is 0 Å². The molecule has 3 aromatic rings. The number of aromatic hydroxyl groups is 1. The summed E-state index contributed by atoms with van der Waals surface area (Å²) in [5.74, 6) is -3.69. The number of esters is 2. The zero-order chi connectivity index (χ0) is 28.2. The van der Waals surface area contributed by atoms with Gasteiger partial charge in [-0.25, -0.2) is 9.59 Å². The van der Waals surface area contributed by atoms with E-state index < -0.39 is 36.2 Å². The number of rotatable bonds is 6. The second-order valence-electron chi connectivity index (χ2n) is 8.87. The molecule has 3 aromatic carbocycles. The van der Waals surface area contributed by atoms with Gasteiger partial charge in [0.1, 0.15) is 28.9 Å². The van der Waals surface area contributed by atoms with E-state index >= 15 is 0 Å². The third-order valence-electron chi connectivity index (χ3n) is 6.15. The lowest BCUT2D eigenvalue weighted by Gasteiger charge is -2.26. The Balaban J connectivity index is 1.56. The van der Waals surface area contributed by atoms with Crippen LogP contribution in [-0.2, 0) is 9.53 Å². The smallest absolute Gasteiger partial charge is 0.491 e. The second-order valence-corrected chi connectivity index (χ2v) is 8.87. The first-order valence-electron chi connectivity index (χ1n) is 12.0. The lowest BCUT2D eigenvalue weighted by atomic mass is 10.0. The maximum absolute atomic E-state index is 13.3. The van der Waals surface area contributed by atoms with Gasteiger partial charge in [0.25, 0.3) is 5.91 Å². The molecule has 1 fully saturated rings. The Labute approximate surface area is 220 Å². The molecule has 1 amide bonds. The molecule has 0 bridgehead atoms. The number of methoxy groups -OCH3 is 1. The number of amides is 1. The van der Waals surface area contributed by atoms with E-state index in [-0.39, 0.29) is 22.8 Å². The van der Waals surface area contributed by atoms with Crippen LogP contribution in [0.15, 0.2) is 54.6 Å². The number of carbonyl (C=O) groups excluding carboxylic acids is 3. The van der Waals surface area contributed by atoms with Gasteiger partial charge >= 0.3 is 18.1 Å². The number of fused-ring (bicyclic) bond motifs is 1. The van der Waals surface area contributed by atoms with Crippen LogP contribution in [0.5, 0.6) is 17.2 Å². The van der Waals surface area contributed by atoms with Crippen molar-refractivity contribution >= 4 is 28.6 Å². The lowest BCUT2D eigenvalue weighted by Crippen LogP contribution is -2.49. The minimum atomic E-state index is -5.16. The fourth-order valence-corrected chi connectivity index (χ4v) is 4.18. The Morgan fingerprint density at radius 2 is 1.77 bits per heavy atom. The summed E-state index contributed by atoms with van der Waals surface area (Å²) >= 11 is 0. The summed E-state index contributed by atoms with van der Waals surface area (Å²) in [6, 6.07) is 11.9. The average Bonchev–Trinajstić information content (AvgIpc) is 3.12. The number of phenolic OH excluding ortho intramolecular Hbond substituents is 1. The number of phenols is 1. The molecule has 0 radical (unpaired) electrons. The first-order chi connectivity index (χ1) is 18.5. The highest BCUT2D eigenvalue weighted by molar-refractivity contribution is 5.99. The summed E-state index contributed by atoms with van der Waals surface area (Å²) in [5.41, 5.74) is 0.325. The number of hydrogen-bond donors (Lipinski definition) is 3. The third-order valence-corrected chi connectivity index (χ3v) is 6.15. The van der Waals surface area contributed by atoms with Crippen molar-refractivity contribution in [2.75, 3.05) is 20.2 Å². The van der Waals surface area contributed by atoms with Crippen molar-refractivity contribution < 1.29 is 46.9 Å². The number of nitrogens with one attached hydrogen (secondary N) is 2. The van der Waals surface area contributed by atoms with Crippen LogP contribution in [0.1, 0.15) is 33.6 Å². The molecule has 1 aliphatic rings. The van der Waals surface area contributed by atoms with Crippen LogP contribution >= 0.6 is 0 Å². The van der Waals surface area contributed by atoms with E-state index in [1.54, 1.807) is 0 Å². The van der Waals surface area contributed by atoms with Gasteiger partial charge in [-0.1, -0.05) is 6.07 Å². The number of carbonyl (C=O) groups is 3. The summed E-state index contributed by atoms with van der Waals surface area (Å²) in [6.45, 7) is 0.989. The Bertz CT molecular complexity index is 1380. The van der Waals surface area contributed by atoms with Gasteiger partial charge < -0.3 is 30.0 Å². The number of halogens is 3. The largest absolute Gasteiger partial charge is 0.508 e. The minimum absolute atomic E-state index is 0.00474. The molecule has 0 saturated carbocycles. The summed E-state index contributed by atoms with van der Waals surface area (Å²) in [6.07, 6.45) is -4.74. The molecule has 4 rings (SSSR count). The standard InChI is InChI=1S/C27H25F3N2O7/c1-37-23-13-16-6-9-19(38-26(36)27(28,29)30)11-17(16)12-20(23)25(35)39-22-3-2-10-31-14-21(22)32-24(34)15-4-7-18(33)8-5-15/h4-9,11-13,21-22,31,33H,2-3,10,14H2,1H3,(H,32,34)/t21-,22-/m1/s1. The van der Waals surface area contributed by atoms with E-state index in [0.717, 1.165) is 0 Å². The maximum atomic E-state index is 13.3. The Morgan fingerprint density at radius 3 is 2.46 bits per heavy atom. The molecule has 1 aliphatic heterocycles. The van der Waals surface area contributed by atoms with E-state index in [0.29, 0.717) is 42.3 Å². The van der Waals surface area contributed by atoms with Crippen molar-refractivity contribution in [2.45, 2.75) is 31.2 Å². The topological polar surface area (TPSA) is 123 Å². The second kappa shape index (κ2) is 11.6. The molecule has 2 atom stereocenters. The fourth-order valence-electron chi connectivity index (χ4n) is 4.18. The molecule has 3 N–H and O–H groups in total. The first-order valence-corrected chi connectivity index (χ1v) is 12.0. The van der Waals surface area contributed by atoms with Gasteiger partial charge in [0.05, 0.1) is 13.2 Å². The molecule has 0 aromatic heterocycles. The van der Waals surface area contributed by atoms with Gasteiger partial charge in [-0.05, 0) is 78.7 Å². The van der Waals surface area contributed by atoms with Crippen LogP contribution in [0.2, 0.25) is 0 Å². The molecule has 12 heteroatoms. The highest BCUT2D eigenvalue weighted by Gasteiger charge is 2.41. The molecular weight excluding hydrogens is 521 g/mol. The number of hydrogen-bond acceptors (Lipinski definition) is 8. The van der Waals surface area contributed by atoms with Crippen molar-refractivity contribution in [3.8, 4) is 17.2 Å². The molecule has 0 aliphatic carbocycles. The van der Waals surface area contributed by atoms with E-state index in [2.05, 4.69) is 15.4 Å². The Kier molecular flexibility index (Phi) is 8.24. The molecular formula is C27H25F3N2O7. The summed E-state index contributed by atoms with van der Waals surface area (Å²) in [7, 11) is 1.35.